The molecule has 2 aromatic carbocycles. The van der Waals surface area contributed by atoms with Crippen molar-refractivity contribution in [3.05, 3.63) is 64.8 Å². The monoisotopic (exact) mass is 362 g/mol. The standard InChI is InChI=1S/C26H34N/c1-17(2)22-13-18(3)19(4)24(15-22)25-23-10-9-20(16-26(5,6)7)14-21(23)11-12-27(25)8/h9-15,17H,16H2,1-8H3/q+1/i12D,17D. The van der Waals surface area contributed by atoms with Crippen LogP contribution in [0.15, 0.2) is 42.6 Å². The molecule has 3 aromatic rings. The Morgan fingerprint density at radius 3 is 2.41 bits per heavy atom. The molecule has 0 spiro atoms. The van der Waals surface area contributed by atoms with Crippen LogP contribution in [-0.2, 0) is 13.5 Å². The zero-order valence-electron chi connectivity index (χ0n) is 20.1. The molecule has 1 heteroatoms. The molecule has 142 valence electrons. The summed E-state index contributed by atoms with van der Waals surface area (Å²) in [6, 6.07) is 12.9. The van der Waals surface area contributed by atoms with Crippen molar-refractivity contribution in [3.63, 3.8) is 0 Å². The van der Waals surface area contributed by atoms with E-state index in [-0.39, 0.29) is 5.41 Å². The molecular formula is C26H34N+. The number of rotatable bonds is 3. The molecule has 0 fully saturated rings. The van der Waals surface area contributed by atoms with Gasteiger partial charge < -0.3 is 0 Å². The Kier molecular flexibility index (Phi) is 4.47. The molecule has 1 aromatic heterocycles. The lowest BCUT2D eigenvalue weighted by molar-refractivity contribution is -0.659. The number of aromatic nitrogens is 1. The van der Waals surface area contributed by atoms with E-state index in [2.05, 4.69) is 65.0 Å². The second kappa shape index (κ2) is 7.11. The van der Waals surface area contributed by atoms with Gasteiger partial charge >= 0.3 is 0 Å². The van der Waals surface area contributed by atoms with E-state index < -0.39 is 5.89 Å². The molecule has 27 heavy (non-hydrogen) atoms. The molecule has 0 saturated carbocycles. The summed E-state index contributed by atoms with van der Waals surface area (Å²) in [6.45, 7) is 14.9. The van der Waals surface area contributed by atoms with Crippen molar-refractivity contribution in [2.75, 3.05) is 0 Å². The molecule has 0 unspecified atom stereocenters. The van der Waals surface area contributed by atoms with Crippen LogP contribution < -0.4 is 4.57 Å². The normalized spacial score (nSPS) is 13.6. The Hall–Kier alpha value is -2.15. The maximum Gasteiger partial charge on any atom is 0.220 e. The van der Waals surface area contributed by atoms with Gasteiger partial charge in [0.2, 0.25) is 5.69 Å². The lowest BCUT2D eigenvalue weighted by Gasteiger charge is -2.19. The topological polar surface area (TPSA) is 3.88 Å². The van der Waals surface area contributed by atoms with Crippen LogP contribution in [0.25, 0.3) is 22.0 Å². The van der Waals surface area contributed by atoms with Gasteiger partial charge in [-0.05, 0) is 71.4 Å². The first kappa shape index (κ1) is 17.0. The zero-order chi connectivity index (χ0) is 21.7. The van der Waals surface area contributed by atoms with Crippen LogP contribution in [0.5, 0.6) is 0 Å². The number of benzene rings is 2. The van der Waals surface area contributed by atoms with Gasteiger partial charge in [0.15, 0.2) is 6.17 Å². The molecule has 0 aliphatic carbocycles. The maximum absolute atomic E-state index is 8.57. The Bertz CT molecular complexity index is 1080. The summed E-state index contributed by atoms with van der Waals surface area (Å²) < 4.78 is 19.1. The fraction of sp³-hybridized carbons (Fsp3) is 0.423. The Balaban J connectivity index is 2.32. The van der Waals surface area contributed by atoms with Crippen LogP contribution in [0.2, 0.25) is 0 Å². The van der Waals surface area contributed by atoms with Crippen LogP contribution in [-0.4, -0.2) is 0 Å². The van der Waals surface area contributed by atoms with Gasteiger partial charge in [0.05, 0.1) is 10.9 Å². The van der Waals surface area contributed by atoms with Crippen LogP contribution in [0, 0.1) is 19.3 Å². The highest BCUT2D eigenvalue weighted by molar-refractivity contribution is 5.94. The number of pyridine rings is 1. The van der Waals surface area contributed by atoms with Crippen LogP contribution in [0.4, 0.5) is 0 Å². The largest absolute Gasteiger partial charge is 0.220 e. The Morgan fingerprint density at radius 1 is 1.07 bits per heavy atom. The van der Waals surface area contributed by atoms with E-state index in [4.69, 9.17) is 2.74 Å². The SMILES string of the molecule is [2H]c1cc2cc(CC(C)(C)C)ccc2c(-c2cc(C([2H])(C)C)cc(C)c2C)[n+]1C. The smallest absolute Gasteiger partial charge is 0.200 e. The average molecular weight is 363 g/mol. The molecular weight excluding hydrogens is 326 g/mol. The molecule has 1 nitrogen and oxygen atoms in total. The van der Waals surface area contributed by atoms with Crippen LogP contribution >= 0.6 is 0 Å². The first-order chi connectivity index (χ1) is 13.3. The molecule has 0 amide bonds. The third-order valence-corrected chi connectivity index (χ3v) is 5.35. The van der Waals surface area contributed by atoms with E-state index in [1.807, 2.05) is 31.5 Å². The minimum atomic E-state index is -0.667. The van der Waals surface area contributed by atoms with Crippen LogP contribution in [0.1, 0.15) is 65.5 Å². The van der Waals surface area contributed by atoms with Crippen molar-refractivity contribution >= 4 is 10.8 Å². The minimum Gasteiger partial charge on any atom is -0.200 e. The van der Waals surface area contributed by atoms with E-state index in [0.717, 1.165) is 34.0 Å². The number of fused-ring (bicyclic) bond motifs is 1. The number of aryl methyl sites for hydroxylation is 1. The van der Waals surface area contributed by atoms with Gasteiger partial charge in [-0.15, -0.1) is 0 Å². The van der Waals surface area contributed by atoms with Gasteiger partial charge in [-0.3, -0.25) is 0 Å². The van der Waals surface area contributed by atoms with Gasteiger partial charge in [0.1, 0.15) is 8.42 Å². The lowest BCUT2D eigenvalue weighted by Crippen LogP contribution is -2.31. The van der Waals surface area contributed by atoms with Crippen molar-refractivity contribution in [2.45, 2.75) is 60.8 Å². The van der Waals surface area contributed by atoms with E-state index in [1.54, 1.807) is 0 Å². The van der Waals surface area contributed by atoms with Gasteiger partial charge in [-0.2, -0.15) is 0 Å². The van der Waals surface area contributed by atoms with Crippen molar-refractivity contribution in [3.8, 4) is 11.3 Å². The molecule has 0 aliphatic heterocycles. The molecule has 0 N–H and O–H groups in total. The fourth-order valence-corrected chi connectivity index (χ4v) is 3.80. The van der Waals surface area contributed by atoms with Crippen molar-refractivity contribution in [1.82, 2.24) is 0 Å². The maximum atomic E-state index is 8.57. The van der Waals surface area contributed by atoms with Gasteiger partial charge in [-0.25, -0.2) is 4.57 Å². The fourth-order valence-electron chi connectivity index (χ4n) is 3.80. The quantitative estimate of drug-likeness (QED) is 0.459. The minimum absolute atomic E-state index is 0.224. The van der Waals surface area contributed by atoms with Gasteiger partial charge in [-0.1, -0.05) is 52.8 Å². The number of hydrogen-bond acceptors (Lipinski definition) is 0. The average Bonchev–Trinajstić information content (AvgIpc) is 2.56. The van der Waals surface area contributed by atoms with Crippen molar-refractivity contribution < 1.29 is 7.31 Å². The van der Waals surface area contributed by atoms with E-state index >= 15 is 0 Å². The summed E-state index contributed by atoms with van der Waals surface area (Å²) in [6.07, 6.45) is 1.50. The summed E-state index contributed by atoms with van der Waals surface area (Å²) >= 11 is 0. The van der Waals surface area contributed by atoms with E-state index in [9.17, 15) is 0 Å². The summed E-state index contributed by atoms with van der Waals surface area (Å²) in [5, 5.41) is 2.26. The third kappa shape index (κ3) is 4.08. The molecule has 1 heterocycles. The number of hydrogen-bond donors (Lipinski definition) is 0. The summed E-state index contributed by atoms with van der Waals surface area (Å²) in [5.74, 6) is -0.667. The van der Waals surface area contributed by atoms with Crippen LogP contribution in [0.3, 0.4) is 0 Å². The predicted octanol–water partition coefficient (Wildman–Crippen LogP) is 6.66. The predicted molar refractivity (Wildman–Crippen MR) is 117 cm³/mol. The number of nitrogens with zero attached hydrogens (tertiary/aromatic N) is 1. The molecule has 0 saturated heterocycles. The highest BCUT2D eigenvalue weighted by Crippen LogP contribution is 2.33. The first-order valence-electron chi connectivity index (χ1n) is 10.8. The first-order valence-corrected chi connectivity index (χ1v) is 9.82. The van der Waals surface area contributed by atoms with Gasteiger partial charge in [0, 0.05) is 7.44 Å². The molecule has 0 radical (unpaired) electrons. The summed E-state index contributed by atoms with van der Waals surface area (Å²) in [5.41, 5.74) is 7.10. The highest BCUT2D eigenvalue weighted by Gasteiger charge is 2.20. The van der Waals surface area contributed by atoms with Crippen molar-refractivity contribution in [2.24, 2.45) is 12.5 Å². The molecule has 3 rings (SSSR count). The second-order valence-corrected chi connectivity index (χ2v) is 9.31. The Labute approximate surface area is 167 Å². The molecule has 0 aliphatic rings. The zero-order valence-corrected chi connectivity index (χ0v) is 18.1. The third-order valence-electron chi connectivity index (χ3n) is 5.35. The highest BCUT2D eigenvalue weighted by atomic mass is 14.9. The second-order valence-electron chi connectivity index (χ2n) is 9.31. The van der Waals surface area contributed by atoms with Crippen molar-refractivity contribution in [1.29, 1.82) is 0 Å². The summed E-state index contributed by atoms with van der Waals surface area (Å²) in [4.78, 5) is 0. The summed E-state index contributed by atoms with van der Waals surface area (Å²) in [7, 11) is 1.97. The molecule has 0 bridgehead atoms. The molecule has 0 atom stereocenters. The van der Waals surface area contributed by atoms with E-state index in [1.165, 1.54) is 16.7 Å². The van der Waals surface area contributed by atoms with Gasteiger partial charge in [0.25, 0.3) is 0 Å². The van der Waals surface area contributed by atoms with E-state index in [0.29, 0.717) is 6.17 Å². The Morgan fingerprint density at radius 2 is 1.78 bits per heavy atom. The lowest BCUT2D eigenvalue weighted by atomic mass is 9.87.